The van der Waals surface area contributed by atoms with Crippen LogP contribution in [0, 0.1) is 0 Å². The zero-order chi connectivity index (χ0) is 12.2. The summed E-state index contributed by atoms with van der Waals surface area (Å²) in [7, 11) is -3.05. The molecule has 0 bridgehead atoms. The van der Waals surface area contributed by atoms with Gasteiger partial charge < -0.3 is 5.32 Å². The molecule has 0 atom stereocenters. The lowest BCUT2D eigenvalue weighted by Crippen LogP contribution is -2.28. The molecule has 0 saturated heterocycles. The van der Waals surface area contributed by atoms with Gasteiger partial charge in [0.05, 0.1) is 11.3 Å². The van der Waals surface area contributed by atoms with Gasteiger partial charge in [-0.2, -0.15) is 0 Å². The van der Waals surface area contributed by atoms with E-state index in [2.05, 4.69) is 26.2 Å². The summed E-state index contributed by atoms with van der Waals surface area (Å²) in [6.07, 6.45) is 2.54. The molecular formula is C9H11BrN2O3S. The van der Waals surface area contributed by atoms with Crippen LogP contribution >= 0.6 is 15.9 Å². The van der Waals surface area contributed by atoms with E-state index in [1.54, 1.807) is 12.1 Å². The van der Waals surface area contributed by atoms with Crippen LogP contribution in [0.5, 0.6) is 0 Å². The Morgan fingerprint density at radius 2 is 2.19 bits per heavy atom. The molecule has 0 radical (unpaired) electrons. The van der Waals surface area contributed by atoms with Crippen LogP contribution in [0.15, 0.2) is 22.9 Å². The molecule has 1 amide bonds. The molecule has 0 aliphatic carbocycles. The minimum Gasteiger partial charge on any atom is -0.351 e. The molecule has 0 fully saturated rings. The smallest absolute Gasteiger partial charge is 0.252 e. The molecule has 0 aliphatic rings. The number of rotatable bonds is 4. The molecule has 1 aromatic heterocycles. The van der Waals surface area contributed by atoms with E-state index in [-0.39, 0.29) is 18.2 Å². The summed E-state index contributed by atoms with van der Waals surface area (Å²) in [5, 5.41) is 2.50. The first-order valence-electron chi connectivity index (χ1n) is 4.46. The maximum absolute atomic E-state index is 11.5. The predicted octanol–water partition coefficient (Wildman–Crippen LogP) is 0.618. The Kier molecular flexibility index (Phi) is 4.43. The van der Waals surface area contributed by atoms with Crippen LogP contribution in [0.2, 0.25) is 0 Å². The fraction of sp³-hybridized carbons (Fsp3) is 0.333. The minimum absolute atomic E-state index is 0.0668. The Morgan fingerprint density at radius 3 is 2.69 bits per heavy atom. The van der Waals surface area contributed by atoms with Crippen molar-refractivity contribution >= 4 is 31.7 Å². The van der Waals surface area contributed by atoms with E-state index in [1.807, 2.05) is 0 Å². The largest absolute Gasteiger partial charge is 0.351 e. The fourth-order valence-electron chi connectivity index (χ4n) is 0.962. The standard InChI is InChI=1S/C9H11BrN2O3S/c1-16(14,15)5-4-11-9(13)7-2-3-8(10)12-6-7/h2-3,6H,4-5H2,1H3,(H,11,13). The molecule has 1 heterocycles. The van der Waals surface area contributed by atoms with Gasteiger partial charge in [0.2, 0.25) is 0 Å². The Bertz CT molecular complexity index is 470. The second-order valence-electron chi connectivity index (χ2n) is 3.26. The first-order chi connectivity index (χ1) is 7.38. The van der Waals surface area contributed by atoms with E-state index >= 15 is 0 Å². The maximum Gasteiger partial charge on any atom is 0.252 e. The highest BCUT2D eigenvalue weighted by Crippen LogP contribution is 2.05. The van der Waals surface area contributed by atoms with Gasteiger partial charge in [-0.05, 0) is 28.1 Å². The maximum atomic E-state index is 11.5. The second-order valence-corrected chi connectivity index (χ2v) is 6.33. The van der Waals surface area contributed by atoms with Gasteiger partial charge in [0.15, 0.2) is 0 Å². The first-order valence-corrected chi connectivity index (χ1v) is 7.31. The average Bonchev–Trinajstić information content (AvgIpc) is 2.16. The van der Waals surface area contributed by atoms with Crippen LogP contribution in [-0.2, 0) is 9.84 Å². The molecular weight excluding hydrogens is 296 g/mol. The topological polar surface area (TPSA) is 76.1 Å². The zero-order valence-electron chi connectivity index (χ0n) is 8.60. The van der Waals surface area contributed by atoms with Gasteiger partial charge in [-0.3, -0.25) is 4.79 Å². The molecule has 0 aliphatic heterocycles. The number of halogens is 1. The molecule has 1 N–H and O–H groups in total. The Balaban J connectivity index is 2.50. The van der Waals surface area contributed by atoms with Crippen molar-refractivity contribution in [2.45, 2.75) is 0 Å². The Hall–Kier alpha value is -0.950. The lowest BCUT2D eigenvalue weighted by atomic mass is 10.3. The highest BCUT2D eigenvalue weighted by molar-refractivity contribution is 9.10. The summed E-state index contributed by atoms with van der Waals surface area (Å²) in [6, 6.07) is 3.25. The van der Waals surface area contributed by atoms with Crippen molar-refractivity contribution in [2.24, 2.45) is 0 Å². The molecule has 88 valence electrons. The van der Waals surface area contributed by atoms with Crippen molar-refractivity contribution in [3.63, 3.8) is 0 Å². The average molecular weight is 307 g/mol. The van der Waals surface area contributed by atoms with Crippen LogP contribution in [0.3, 0.4) is 0 Å². The lowest BCUT2D eigenvalue weighted by molar-refractivity contribution is 0.0956. The lowest BCUT2D eigenvalue weighted by Gasteiger charge is -2.03. The SMILES string of the molecule is CS(=O)(=O)CCNC(=O)c1ccc(Br)nc1. The summed E-state index contributed by atoms with van der Waals surface area (Å²) in [4.78, 5) is 15.4. The monoisotopic (exact) mass is 306 g/mol. The van der Waals surface area contributed by atoms with Crippen molar-refractivity contribution < 1.29 is 13.2 Å². The number of pyridine rings is 1. The third-order valence-electron chi connectivity index (χ3n) is 1.75. The van der Waals surface area contributed by atoms with Crippen molar-refractivity contribution in [1.82, 2.24) is 10.3 Å². The summed E-state index contributed by atoms with van der Waals surface area (Å²) in [6.45, 7) is 0.105. The van der Waals surface area contributed by atoms with Crippen molar-refractivity contribution in [3.8, 4) is 0 Å². The van der Waals surface area contributed by atoms with Gasteiger partial charge >= 0.3 is 0 Å². The molecule has 0 unspecified atom stereocenters. The molecule has 1 rings (SSSR count). The number of nitrogens with one attached hydrogen (secondary N) is 1. The Labute approximate surface area is 102 Å². The summed E-state index contributed by atoms with van der Waals surface area (Å²) in [5.74, 6) is -0.397. The normalized spacial score (nSPS) is 11.1. The third kappa shape index (κ3) is 4.71. The van der Waals surface area contributed by atoms with E-state index in [9.17, 15) is 13.2 Å². The number of hydrogen-bond acceptors (Lipinski definition) is 4. The number of carbonyl (C=O) groups is 1. The number of amides is 1. The fourth-order valence-corrected chi connectivity index (χ4v) is 1.67. The zero-order valence-corrected chi connectivity index (χ0v) is 11.0. The van der Waals surface area contributed by atoms with Crippen LogP contribution in [0.4, 0.5) is 0 Å². The van der Waals surface area contributed by atoms with Gasteiger partial charge in [0.25, 0.3) is 5.91 Å². The molecule has 1 aromatic rings. The molecule has 5 nitrogen and oxygen atoms in total. The summed E-state index contributed by atoms with van der Waals surface area (Å²) >= 11 is 3.15. The van der Waals surface area contributed by atoms with E-state index in [4.69, 9.17) is 0 Å². The highest BCUT2D eigenvalue weighted by atomic mass is 79.9. The van der Waals surface area contributed by atoms with E-state index in [0.29, 0.717) is 10.2 Å². The van der Waals surface area contributed by atoms with E-state index in [1.165, 1.54) is 6.20 Å². The second kappa shape index (κ2) is 5.40. The van der Waals surface area contributed by atoms with Crippen LogP contribution in [0.1, 0.15) is 10.4 Å². The predicted molar refractivity (Wildman–Crippen MR) is 64.0 cm³/mol. The summed E-state index contributed by atoms with van der Waals surface area (Å²) < 4.78 is 22.3. The van der Waals surface area contributed by atoms with Crippen LogP contribution in [-0.4, -0.2) is 37.9 Å². The minimum atomic E-state index is -3.05. The quantitative estimate of drug-likeness (QED) is 0.827. The molecule has 16 heavy (non-hydrogen) atoms. The first kappa shape index (κ1) is 13.1. The molecule has 0 spiro atoms. The van der Waals surface area contributed by atoms with Crippen molar-refractivity contribution in [2.75, 3.05) is 18.6 Å². The van der Waals surface area contributed by atoms with Gasteiger partial charge in [0.1, 0.15) is 14.4 Å². The van der Waals surface area contributed by atoms with Crippen LogP contribution < -0.4 is 5.32 Å². The van der Waals surface area contributed by atoms with Crippen LogP contribution in [0.25, 0.3) is 0 Å². The van der Waals surface area contributed by atoms with Gasteiger partial charge in [-0.25, -0.2) is 13.4 Å². The highest BCUT2D eigenvalue weighted by Gasteiger charge is 2.07. The molecule has 0 saturated carbocycles. The van der Waals surface area contributed by atoms with Gasteiger partial charge in [-0.15, -0.1) is 0 Å². The summed E-state index contributed by atoms with van der Waals surface area (Å²) in [5.41, 5.74) is 0.400. The van der Waals surface area contributed by atoms with Crippen molar-refractivity contribution in [1.29, 1.82) is 0 Å². The van der Waals surface area contributed by atoms with E-state index in [0.717, 1.165) is 6.26 Å². The molecule has 0 aromatic carbocycles. The number of hydrogen-bond donors (Lipinski definition) is 1. The number of nitrogens with zero attached hydrogens (tertiary/aromatic N) is 1. The number of sulfone groups is 1. The van der Waals surface area contributed by atoms with Gasteiger partial charge in [0, 0.05) is 19.0 Å². The Morgan fingerprint density at radius 1 is 1.50 bits per heavy atom. The van der Waals surface area contributed by atoms with Crippen molar-refractivity contribution in [3.05, 3.63) is 28.5 Å². The third-order valence-corrected chi connectivity index (χ3v) is 3.16. The van der Waals surface area contributed by atoms with E-state index < -0.39 is 9.84 Å². The van der Waals surface area contributed by atoms with Gasteiger partial charge in [-0.1, -0.05) is 0 Å². The number of carbonyl (C=O) groups excluding carboxylic acids is 1. The molecule has 7 heteroatoms. The number of aromatic nitrogens is 1.